The maximum atomic E-state index is 14.3. The number of benzene rings is 3. The summed E-state index contributed by atoms with van der Waals surface area (Å²) in [6.07, 6.45) is 2.37. The molecule has 4 rings (SSSR count). The maximum Gasteiger partial charge on any atom is 0.251 e. The van der Waals surface area contributed by atoms with Gasteiger partial charge in [-0.25, -0.2) is 0 Å². The average Bonchev–Trinajstić information content (AvgIpc) is 3.06. The number of anilines is 3. The van der Waals surface area contributed by atoms with Crippen molar-refractivity contribution in [2.75, 3.05) is 16.3 Å². The van der Waals surface area contributed by atoms with Gasteiger partial charge in [0.25, 0.3) is 5.91 Å². The van der Waals surface area contributed by atoms with Gasteiger partial charge >= 0.3 is 0 Å². The molecule has 3 aromatic carbocycles. The van der Waals surface area contributed by atoms with Crippen molar-refractivity contribution < 1.29 is 14.4 Å². The highest BCUT2D eigenvalue weighted by atomic mass is 16.2. The number of para-hydroxylation sites is 3. The molecule has 0 radical (unpaired) electrons. The van der Waals surface area contributed by atoms with Crippen LogP contribution in [0.15, 0.2) is 97.6 Å². The lowest BCUT2D eigenvalue weighted by Crippen LogP contribution is -2.54. The molecule has 1 heterocycles. The Morgan fingerprint density at radius 1 is 0.950 bits per heavy atom. The first-order valence-corrected chi connectivity index (χ1v) is 13.8. The molecule has 1 aliphatic rings. The van der Waals surface area contributed by atoms with Gasteiger partial charge in [-0.15, -0.1) is 6.58 Å². The van der Waals surface area contributed by atoms with E-state index in [-0.39, 0.29) is 24.3 Å². The van der Waals surface area contributed by atoms with Crippen LogP contribution in [0.3, 0.4) is 0 Å². The van der Waals surface area contributed by atoms with Crippen molar-refractivity contribution in [3.05, 3.63) is 103 Å². The molecular formula is C33H38N4O3. The van der Waals surface area contributed by atoms with Gasteiger partial charge in [0.2, 0.25) is 11.8 Å². The molecule has 3 amide bonds. The summed E-state index contributed by atoms with van der Waals surface area (Å²) in [5, 5.41) is 3.04. The van der Waals surface area contributed by atoms with Crippen LogP contribution in [0.2, 0.25) is 0 Å². The highest BCUT2D eigenvalue weighted by molar-refractivity contribution is 6.04. The Bertz CT molecular complexity index is 1330. The first-order valence-electron chi connectivity index (χ1n) is 13.8. The van der Waals surface area contributed by atoms with Gasteiger partial charge in [-0.05, 0) is 48.6 Å². The van der Waals surface area contributed by atoms with Crippen LogP contribution in [0.25, 0.3) is 0 Å². The third kappa shape index (κ3) is 6.60. The Morgan fingerprint density at radius 3 is 2.15 bits per heavy atom. The van der Waals surface area contributed by atoms with Crippen LogP contribution in [0, 0.1) is 17.8 Å². The summed E-state index contributed by atoms with van der Waals surface area (Å²) >= 11 is 0. The van der Waals surface area contributed by atoms with Gasteiger partial charge in [0, 0.05) is 5.69 Å². The van der Waals surface area contributed by atoms with Gasteiger partial charge in [0.05, 0.1) is 36.3 Å². The van der Waals surface area contributed by atoms with Crippen LogP contribution in [0.1, 0.15) is 32.3 Å². The van der Waals surface area contributed by atoms with Crippen molar-refractivity contribution in [3.63, 3.8) is 0 Å². The summed E-state index contributed by atoms with van der Waals surface area (Å²) in [5.74, 6) is -2.35. The fourth-order valence-corrected chi connectivity index (χ4v) is 5.37. The molecule has 0 bridgehead atoms. The second-order valence-corrected chi connectivity index (χ2v) is 10.7. The zero-order valence-electron chi connectivity index (χ0n) is 23.2. The second-order valence-electron chi connectivity index (χ2n) is 10.7. The SMILES string of the molecule is C=CCC(C(N)=O)C(CC(C)C)C(=O)NC1CN(c2ccccc2)c2ccccc2N(Cc2ccccc2)C1=O. The van der Waals surface area contributed by atoms with Gasteiger partial charge < -0.3 is 20.9 Å². The molecule has 0 spiro atoms. The number of nitrogens with zero attached hydrogens (tertiary/aromatic N) is 2. The van der Waals surface area contributed by atoms with Crippen LogP contribution in [0.4, 0.5) is 17.1 Å². The van der Waals surface area contributed by atoms with E-state index in [1.54, 1.807) is 11.0 Å². The number of nitrogens with one attached hydrogen (secondary N) is 1. The molecule has 1 aliphatic heterocycles. The van der Waals surface area contributed by atoms with E-state index in [4.69, 9.17) is 5.73 Å². The molecule has 0 aromatic heterocycles. The van der Waals surface area contributed by atoms with E-state index in [2.05, 4.69) is 16.8 Å². The molecule has 7 heteroatoms. The van der Waals surface area contributed by atoms with E-state index in [9.17, 15) is 14.4 Å². The lowest BCUT2D eigenvalue weighted by molar-refractivity contribution is -0.135. The number of nitrogens with two attached hydrogens (primary N) is 1. The minimum absolute atomic E-state index is 0.145. The van der Waals surface area contributed by atoms with Gasteiger partial charge in [-0.3, -0.25) is 14.4 Å². The third-order valence-electron chi connectivity index (χ3n) is 7.29. The van der Waals surface area contributed by atoms with Crippen molar-refractivity contribution in [1.29, 1.82) is 0 Å². The minimum Gasteiger partial charge on any atom is -0.369 e. The molecular weight excluding hydrogens is 500 g/mol. The third-order valence-corrected chi connectivity index (χ3v) is 7.29. The Hall–Kier alpha value is -4.39. The Labute approximate surface area is 236 Å². The zero-order valence-corrected chi connectivity index (χ0v) is 23.2. The van der Waals surface area contributed by atoms with Crippen LogP contribution in [0.5, 0.6) is 0 Å². The smallest absolute Gasteiger partial charge is 0.251 e. The fourth-order valence-electron chi connectivity index (χ4n) is 5.37. The van der Waals surface area contributed by atoms with Crippen LogP contribution < -0.4 is 20.9 Å². The Kier molecular flexibility index (Phi) is 9.38. The van der Waals surface area contributed by atoms with Gasteiger partial charge in [0.1, 0.15) is 6.04 Å². The fraction of sp³-hybridized carbons (Fsp3) is 0.303. The summed E-state index contributed by atoms with van der Waals surface area (Å²) in [4.78, 5) is 44.3. The van der Waals surface area contributed by atoms with E-state index in [0.717, 1.165) is 22.6 Å². The largest absolute Gasteiger partial charge is 0.369 e. The highest BCUT2D eigenvalue weighted by Crippen LogP contribution is 2.38. The predicted octanol–water partition coefficient (Wildman–Crippen LogP) is 5.20. The van der Waals surface area contributed by atoms with E-state index in [1.165, 1.54) is 0 Å². The van der Waals surface area contributed by atoms with E-state index < -0.39 is 23.8 Å². The second kappa shape index (κ2) is 13.1. The first-order chi connectivity index (χ1) is 19.3. The van der Waals surface area contributed by atoms with E-state index in [0.29, 0.717) is 19.4 Å². The quantitative estimate of drug-likeness (QED) is 0.328. The summed E-state index contributed by atoms with van der Waals surface area (Å²) < 4.78 is 0. The summed E-state index contributed by atoms with van der Waals surface area (Å²) in [5.41, 5.74) is 9.25. The number of rotatable bonds is 11. The predicted molar refractivity (Wildman–Crippen MR) is 160 cm³/mol. The number of amides is 3. The molecule has 0 aliphatic carbocycles. The summed E-state index contributed by atoms with van der Waals surface area (Å²) in [6, 6.07) is 26.5. The lowest BCUT2D eigenvalue weighted by Gasteiger charge is -2.30. The monoisotopic (exact) mass is 538 g/mol. The van der Waals surface area contributed by atoms with Crippen molar-refractivity contribution in [3.8, 4) is 0 Å². The summed E-state index contributed by atoms with van der Waals surface area (Å²) in [7, 11) is 0. The molecule has 3 atom stereocenters. The molecule has 3 aromatic rings. The molecule has 3 N–H and O–H groups in total. The number of allylic oxidation sites excluding steroid dienone is 1. The Morgan fingerprint density at radius 2 is 1.55 bits per heavy atom. The lowest BCUT2D eigenvalue weighted by atomic mass is 9.82. The van der Waals surface area contributed by atoms with Gasteiger partial charge in [-0.2, -0.15) is 0 Å². The average molecular weight is 539 g/mol. The standard InChI is InChI=1S/C33H38N4O3/c1-4-13-26(31(34)38)27(20-23(2)3)32(39)35-28-22-36(25-16-9-6-10-17-25)29-18-11-12-19-30(29)37(33(28)40)21-24-14-7-5-8-15-24/h4-12,14-19,23,26-28H,1,13,20-22H2,2-3H3,(H2,34,38)(H,35,39). The molecule has 0 saturated heterocycles. The number of carbonyl (C=O) groups excluding carboxylic acids is 3. The first kappa shape index (κ1) is 28.6. The maximum absolute atomic E-state index is 14.3. The molecule has 3 unspecified atom stereocenters. The number of carbonyl (C=O) groups is 3. The van der Waals surface area contributed by atoms with E-state index in [1.807, 2.05) is 98.8 Å². The zero-order chi connectivity index (χ0) is 28.6. The van der Waals surface area contributed by atoms with Gasteiger partial charge in [-0.1, -0.05) is 80.6 Å². The number of hydrogen-bond acceptors (Lipinski definition) is 4. The minimum atomic E-state index is -0.865. The van der Waals surface area contributed by atoms with Crippen LogP contribution >= 0.6 is 0 Å². The number of primary amides is 1. The normalized spacial score (nSPS) is 16.6. The van der Waals surface area contributed by atoms with E-state index >= 15 is 0 Å². The van der Waals surface area contributed by atoms with Gasteiger partial charge in [0.15, 0.2) is 0 Å². The molecule has 7 nitrogen and oxygen atoms in total. The molecule has 40 heavy (non-hydrogen) atoms. The highest BCUT2D eigenvalue weighted by Gasteiger charge is 2.38. The van der Waals surface area contributed by atoms with Crippen LogP contribution in [-0.4, -0.2) is 30.3 Å². The van der Waals surface area contributed by atoms with Crippen LogP contribution in [-0.2, 0) is 20.9 Å². The van der Waals surface area contributed by atoms with Crippen molar-refractivity contribution in [2.24, 2.45) is 23.5 Å². The Balaban J connectivity index is 1.76. The molecule has 0 fully saturated rings. The number of fused-ring (bicyclic) bond motifs is 1. The molecule has 208 valence electrons. The topological polar surface area (TPSA) is 95.7 Å². The van der Waals surface area contributed by atoms with Crippen molar-refractivity contribution in [2.45, 2.75) is 39.3 Å². The van der Waals surface area contributed by atoms with Crippen molar-refractivity contribution >= 4 is 34.8 Å². The summed E-state index contributed by atoms with van der Waals surface area (Å²) in [6.45, 7) is 8.33. The molecule has 0 saturated carbocycles. The number of hydrogen-bond donors (Lipinski definition) is 2. The van der Waals surface area contributed by atoms with Crippen molar-refractivity contribution in [1.82, 2.24) is 5.32 Å².